The number of allylic oxidation sites excluding steroid dienone is 1. The van der Waals surface area contributed by atoms with E-state index in [1.807, 2.05) is 17.1 Å². The highest BCUT2D eigenvalue weighted by molar-refractivity contribution is 9.09. The molecule has 12 heavy (non-hydrogen) atoms. The summed E-state index contributed by atoms with van der Waals surface area (Å²) in [5.41, 5.74) is 2.49. The molecule has 0 spiro atoms. The fourth-order valence-corrected chi connectivity index (χ4v) is 1.11. The zero-order valence-corrected chi connectivity index (χ0v) is 9.00. The number of hydrogen-bond donors (Lipinski definition) is 0. The van der Waals surface area contributed by atoms with Crippen LogP contribution < -0.4 is 0 Å². The second kappa shape index (κ2) is 4.45. The molecule has 3 heteroatoms. The van der Waals surface area contributed by atoms with E-state index < -0.39 is 0 Å². The molecule has 0 amide bonds. The number of aryl methyl sites for hydroxylation is 1. The monoisotopic (exact) mass is 228 g/mol. The van der Waals surface area contributed by atoms with Crippen molar-refractivity contribution in [2.45, 2.75) is 20.4 Å². The van der Waals surface area contributed by atoms with E-state index in [9.17, 15) is 0 Å². The molecule has 0 bridgehead atoms. The minimum atomic E-state index is 0.921. The molecule has 0 radical (unpaired) electrons. The van der Waals surface area contributed by atoms with Gasteiger partial charge in [-0.05, 0) is 13.8 Å². The van der Waals surface area contributed by atoms with Crippen LogP contribution in [0.2, 0.25) is 0 Å². The Morgan fingerprint density at radius 1 is 1.75 bits per heavy atom. The highest BCUT2D eigenvalue weighted by Gasteiger charge is 1.93. The summed E-state index contributed by atoms with van der Waals surface area (Å²) in [6.45, 7) is 5.11. The molecule has 66 valence electrons. The van der Waals surface area contributed by atoms with E-state index in [2.05, 4.69) is 41.0 Å². The molecule has 0 saturated carbocycles. The normalized spacial score (nSPS) is 12.1. The van der Waals surface area contributed by atoms with Crippen LogP contribution in [0.4, 0.5) is 0 Å². The lowest BCUT2D eigenvalue weighted by Crippen LogP contribution is -1.91. The third-order valence-electron chi connectivity index (χ3n) is 1.60. The van der Waals surface area contributed by atoms with E-state index in [0.29, 0.717) is 0 Å². The van der Waals surface area contributed by atoms with Gasteiger partial charge in [0.2, 0.25) is 0 Å². The minimum absolute atomic E-state index is 0.921. The van der Waals surface area contributed by atoms with Gasteiger partial charge in [0.1, 0.15) is 0 Å². The van der Waals surface area contributed by atoms with E-state index in [0.717, 1.165) is 11.9 Å². The van der Waals surface area contributed by atoms with Crippen LogP contribution >= 0.6 is 15.9 Å². The van der Waals surface area contributed by atoms with Crippen LogP contribution in [0.1, 0.15) is 19.4 Å². The highest BCUT2D eigenvalue weighted by Crippen LogP contribution is 2.07. The van der Waals surface area contributed by atoms with Gasteiger partial charge in [0, 0.05) is 23.6 Å². The molecule has 1 rings (SSSR count). The molecule has 1 aromatic heterocycles. The number of halogens is 1. The summed E-state index contributed by atoms with van der Waals surface area (Å²) in [7, 11) is 0. The highest BCUT2D eigenvalue weighted by atomic mass is 79.9. The summed E-state index contributed by atoms with van der Waals surface area (Å²) in [6.07, 6.45) is 6.07. The molecule has 2 nitrogen and oxygen atoms in total. The van der Waals surface area contributed by atoms with Crippen LogP contribution in [0, 0.1) is 0 Å². The molecular weight excluding hydrogens is 216 g/mol. The van der Waals surface area contributed by atoms with Crippen LogP contribution in [-0.4, -0.2) is 15.1 Å². The van der Waals surface area contributed by atoms with Crippen molar-refractivity contribution in [3.05, 3.63) is 23.5 Å². The van der Waals surface area contributed by atoms with Gasteiger partial charge >= 0.3 is 0 Å². The predicted molar refractivity (Wildman–Crippen MR) is 55.3 cm³/mol. The van der Waals surface area contributed by atoms with E-state index >= 15 is 0 Å². The first-order valence-corrected chi connectivity index (χ1v) is 5.14. The smallest absolute Gasteiger partial charge is 0.0562 e. The molecular formula is C9H13BrN2. The molecule has 0 unspecified atom stereocenters. The first kappa shape index (κ1) is 9.52. The molecule has 1 aromatic rings. The van der Waals surface area contributed by atoms with Gasteiger partial charge in [-0.25, -0.2) is 0 Å². The maximum Gasteiger partial charge on any atom is 0.0562 e. The van der Waals surface area contributed by atoms with Gasteiger partial charge in [0.15, 0.2) is 0 Å². The van der Waals surface area contributed by atoms with Crippen molar-refractivity contribution in [1.29, 1.82) is 0 Å². The predicted octanol–water partition coefficient (Wildman–Crippen LogP) is 2.70. The third-order valence-corrected chi connectivity index (χ3v) is 2.49. The van der Waals surface area contributed by atoms with Gasteiger partial charge in [0.05, 0.1) is 6.20 Å². The van der Waals surface area contributed by atoms with Gasteiger partial charge in [-0.3, -0.25) is 4.68 Å². The van der Waals surface area contributed by atoms with Crippen LogP contribution in [0.3, 0.4) is 0 Å². The standard InChI is InChI=1S/C9H13BrN2/c1-3-12-7-9(6-11-12)4-8(2)5-10/h4,6-7H,3,5H2,1-2H3/b8-4-. The molecule has 1 heterocycles. The number of alkyl halides is 1. The SMILES string of the molecule is CCn1cc(/C=C(/C)CBr)cn1. The molecule has 0 aromatic carbocycles. The van der Waals surface area contributed by atoms with Crippen LogP contribution in [0.25, 0.3) is 6.08 Å². The van der Waals surface area contributed by atoms with Crippen molar-refractivity contribution < 1.29 is 0 Å². The van der Waals surface area contributed by atoms with Gasteiger partial charge in [0.25, 0.3) is 0 Å². The fourth-order valence-electron chi connectivity index (χ4n) is 0.950. The summed E-state index contributed by atoms with van der Waals surface area (Å²) < 4.78 is 1.92. The fraction of sp³-hybridized carbons (Fsp3) is 0.444. The van der Waals surface area contributed by atoms with Gasteiger partial charge in [-0.15, -0.1) is 0 Å². The molecule has 0 saturated heterocycles. The maximum atomic E-state index is 4.18. The van der Waals surface area contributed by atoms with E-state index in [-0.39, 0.29) is 0 Å². The summed E-state index contributed by atoms with van der Waals surface area (Å²) in [4.78, 5) is 0. The van der Waals surface area contributed by atoms with Gasteiger partial charge in [-0.2, -0.15) is 5.10 Å². The van der Waals surface area contributed by atoms with E-state index in [1.54, 1.807) is 0 Å². The second-order valence-electron chi connectivity index (χ2n) is 2.75. The Hall–Kier alpha value is -0.570. The van der Waals surface area contributed by atoms with Crippen molar-refractivity contribution in [1.82, 2.24) is 9.78 Å². The van der Waals surface area contributed by atoms with Crippen molar-refractivity contribution in [3.63, 3.8) is 0 Å². The van der Waals surface area contributed by atoms with Crippen molar-refractivity contribution >= 4 is 22.0 Å². The van der Waals surface area contributed by atoms with Gasteiger partial charge < -0.3 is 0 Å². The summed E-state index contributed by atoms with van der Waals surface area (Å²) in [6, 6.07) is 0. The van der Waals surface area contributed by atoms with E-state index in [4.69, 9.17) is 0 Å². The van der Waals surface area contributed by atoms with Crippen molar-refractivity contribution in [3.8, 4) is 0 Å². The van der Waals surface area contributed by atoms with Crippen LogP contribution in [-0.2, 0) is 6.54 Å². The first-order chi connectivity index (χ1) is 5.76. The molecule has 0 atom stereocenters. The molecule has 0 N–H and O–H groups in total. The zero-order chi connectivity index (χ0) is 8.97. The van der Waals surface area contributed by atoms with Crippen LogP contribution in [0.5, 0.6) is 0 Å². The maximum absolute atomic E-state index is 4.18. The third kappa shape index (κ3) is 2.48. The lowest BCUT2D eigenvalue weighted by atomic mass is 10.2. The Morgan fingerprint density at radius 3 is 3.00 bits per heavy atom. The number of aromatic nitrogens is 2. The average molecular weight is 229 g/mol. The Balaban J connectivity index is 2.76. The zero-order valence-electron chi connectivity index (χ0n) is 7.42. The molecule has 0 aliphatic carbocycles. The molecule has 0 fully saturated rings. The second-order valence-corrected chi connectivity index (χ2v) is 3.31. The minimum Gasteiger partial charge on any atom is -0.272 e. The molecule has 0 aliphatic heterocycles. The first-order valence-electron chi connectivity index (χ1n) is 4.02. The van der Waals surface area contributed by atoms with E-state index in [1.165, 1.54) is 11.1 Å². The lowest BCUT2D eigenvalue weighted by Gasteiger charge is -1.91. The number of hydrogen-bond acceptors (Lipinski definition) is 1. The summed E-state index contributed by atoms with van der Waals surface area (Å²) in [5, 5.41) is 5.10. The number of nitrogens with zero attached hydrogens (tertiary/aromatic N) is 2. The Morgan fingerprint density at radius 2 is 2.50 bits per heavy atom. The number of rotatable bonds is 3. The van der Waals surface area contributed by atoms with Crippen molar-refractivity contribution in [2.24, 2.45) is 0 Å². The Kier molecular flexibility index (Phi) is 3.53. The molecule has 0 aliphatic rings. The summed E-state index contributed by atoms with van der Waals surface area (Å²) >= 11 is 3.40. The Labute approximate surface area is 81.4 Å². The average Bonchev–Trinajstić information content (AvgIpc) is 2.52. The largest absolute Gasteiger partial charge is 0.272 e. The lowest BCUT2D eigenvalue weighted by molar-refractivity contribution is 0.660. The quantitative estimate of drug-likeness (QED) is 0.728. The van der Waals surface area contributed by atoms with Crippen molar-refractivity contribution in [2.75, 3.05) is 5.33 Å². The summed E-state index contributed by atoms with van der Waals surface area (Å²) in [5.74, 6) is 0. The Bertz CT molecular complexity index is 276. The van der Waals surface area contributed by atoms with Crippen LogP contribution in [0.15, 0.2) is 18.0 Å². The topological polar surface area (TPSA) is 17.8 Å². The van der Waals surface area contributed by atoms with Gasteiger partial charge in [-0.1, -0.05) is 27.6 Å².